The lowest BCUT2D eigenvalue weighted by Gasteiger charge is -2.10. The highest BCUT2D eigenvalue weighted by atomic mass is 19.4. The first-order valence-corrected chi connectivity index (χ1v) is 4.47. The first-order valence-electron chi connectivity index (χ1n) is 4.47. The van der Waals surface area contributed by atoms with Crippen molar-refractivity contribution in [1.82, 2.24) is 4.98 Å². The van der Waals surface area contributed by atoms with E-state index in [1.165, 1.54) is 18.3 Å². The second kappa shape index (κ2) is 3.25. The number of nitrogens with one attached hydrogen (secondary N) is 1. The predicted octanol–water partition coefficient (Wildman–Crippen LogP) is 2.63. The van der Waals surface area contributed by atoms with Gasteiger partial charge in [0, 0.05) is 19.0 Å². The number of fused-ring (bicyclic) bond motifs is 1. The van der Waals surface area contributed by atoms with E-state index >= 15 is 0 Å². The topological polar surface area (TPSA) is 24.9 Å². The second-order valence-corrected chi connectivity index (χ2v) is 3.29. The zero-order valence-corrected chi connectivity index (χ0v) is 8.02. The van der Waals surface area contributed by atoms with Crippen LogP contribution in [0.4, 0.5) is 18.9 Å². The minimum absolute atomic E-state index is 0.189. The Hall–Kier alpha value is -1.52. The lowest BCUT2D eigenvalue weighted by molar-refractivity contribution is -0.0687. The van der Waals surface area contributed by atoms with E-state index in [0.29, 0.717) is 11.4 Å². The smallest absolute Gasteiger partial charge is 0.387 e. The molecule has 1 aliphatic carbocycles. The maximum Gasteiger partial charge on any atom is 0.416 e. The van der Waals surface area contributed by atoms with Crippen LogP contribution in [0.3, 0.4) is 0 Å². The third kappa shape index (κ3) is 1.69. The van der Waals surface area contributed by atoms with Crippen LogP contribution in [0.15, 0.2) is 18.3 Å². The molecular formula is C10H9F3N2. The van der Waals surface area contributed by atoms with Gasteiger partial charge in [-0.1, -0.05) is 6.08 Å². The van der Waals surface area contributed by atoms with Gasteiger partial charge in [-0.2, -0.15) is 13.2 Å². The van der Waals surface area contributed by atoms with E-state index in [0.717, 1.165) is 0 Å². The van der Waals surface area contributed by atoms with Gasteiger partial charge in [-0.15, -0.1) is 0 Å². The molecule has 0 amide bonds. The first-order chi connectivity index (χ1) is 7.02. The van der Waals surface area contributed by atoms with Crippen molar-refractivity contribution in [3.8, 4) is 0 Å². The van der Waals surface area contributed by atoms with Gasteiger partial charge in [-0.05, 0) is 6.07 Å². The number of halogens is 3. The summed E-state index contributed by atoms with van der Waals surface area (Å²) >= 11 is 0. The van der Waals surface area contributed by atoms with Crippen molar-refractivity contribution in [3.05, 3.63) is 29.6 Å². The Balaban J connectivity index is 2.47. The molecule has 1 aromatic rings. The predicted molar refractivity (Wildman–Crippen MR) is 51.5 cm³/mol. The van der Waals surface area contributed by atoms with E-state index < -0.39 is 11.7 Å². The van der Waals surface area contributed by atoms with Gasteiger partial charge in [-0.3, -0.25) is 4.98 Å². The molecule has 1 aliphatic rings. The lowest BCUT2D eigenvalue weighted by atomic mass is 10.1. The maximum atomic E-state index is 12.6. The van der Waals surface area contributed by atoms with Gasteiger partial charge in [0.25, 0.3) is 0 Å². The van der Waals surface area contributed by atoms with Gasteiger partial charge in [0.15, 0.2) is 0 Å². The molecule has 1 N–H and O–H groups in total. The average molecular weight is 214 g/mol. The summed E-state index contributed by atoms with van der Waals surface area (Å²) in [6, 6.07) is 1.48. The Bertz CT molecular complexity index is 421. The zero-order chi connectivity index (χ0) is 11.1. The van der Waals surface area contributed by atoms with E-state index in [1.54, 1.807) is 7.05 Å². The van der Waals surface area contributed by atoms with Gasteiger partial charge >= 0.3 is 6.18 Å². The third-order valence-corrected chi connectivity index (χ3v) is 2.35. The fraction of sp³-hybridized carbons (Fsp3) is 0.300. The number of pyridine rings is 1. The van der Waals surface area contributed by atoms with E-state index in [1.807, 2.05) is 0 Å². The number of nitrogens with zero attached hydrogens (tertiary/aromatic N) is 1. The van der Waals surface area contributed by atoms with E-state index in [4.69, 9.17) is 0 Å². The molecule has 1 heterocycles. The van der Waals surface area contributed by atoms with Crippen LogP contribution in [0.25, 0.3) is 5.57 Å². The molecule has 0 bridgehead atoms. The molecule has 5 heteroatoms. The van der Waals surface area contributed by atoms with Gasteiger partial charge in [0.1, 0.15) is 0 Å². The van der Waals surface area contributed by atoms with Gasteiger partial charge in [0.05, 0.1) is 23.2 Å². The monoisotopic (exact) mass is 214 g/mol. The van der Waals surface area contributed by atoms with Crippen molar-refractivity contribution in [3.63, 3.8) is 0 Å². The van der Waals surface area contributed by atoms with Crippen molar-refractivity contribution >= 4 is 11.3 Å². The number of hydrogen-bond donors (Lipinski definition) is 1. The Labute approximate surface area is 84.8 Å². The molecule has 0 atom stereocenters. The Morgan fingerprint density at radius 2 is 2.13 bits per heavy atom. The summed E-state index contributed by atoms with van der Waals surface area (Å²) < 4.78 is 37.7. The number of hydrogen-bond acceptors (Lipinski definition) is 2. The van der Waals surface area contributed by atoms with Crippen LogP contribution in [0, 0.1) is 0 Å². The van der Waals surface area contributed by atoms with E-state index in [-0.39, 0.29) is 12.0 Å². The summed E-state index contributed by atoms with van der Waals surface area (Å²) in [5, 5.41) is 2.77. The lowest BCUT2D eigenvalue weighted by Crippen LogP contribution is -2.09. The minimum atomic E-state index is -4.29. The van der Waals surface area contributed by atoms with E-state index in [2.05, 4.69) is 10.3 Å². The quantitative estimate of drug-likeness (QED) is 0.777. The highest BCUT2D eigenvalue weighted by Crippen LogP contribution is 2.39. The Morgan fingerprint density at radius 1 is 1.40 bits per heavy atom. The van der Waals surface area contributed by atoms with Gasteiger partial charge < -0.3 is 5.32 Å². The molecule has 15 heavy (non-hydrogen) atoms. The van der Waals surface area contributed by atoms with Crippen LogP contribution in [0.2, 0.25) is 0 Å². The summed E-state index contributed by atoms with van der Waals surface area (Å²) in [6.07, 6.45) is -1.32. The molecule has 0 aliphatic heterocycles. The van der Waals surface area contributed by atoms with Crippen molar-refractivity contribution in [2.24, 2.45) is 0 Å². The zero-order valence-electron chi connectivity index (χ0n) is 8.02. The first kappa shape index (κ1) is 10.0. The highest BCUT2D eigenvalue weighted by Gasteiger charge is 2.38. The molecule has 80 valence electrons. The highest BCUT2D eigenvalue weighted by molar-refractivity contribution is 5.77. The number of alkyl halides is 3. The summed E-state index contributed by atoms with van der Waals surface area (Å²) in [6.45, 7) is 0. The van der Waals surface area contributed by atoms with Crippen LogP contribution in [-0.4, -0.2) is 18.2 Å². The van der Waals surface area contributed by atoms with Crippen LogP contribution in [0.5, 0.6) is 0 Å². The minimum Gasteiger partial charge on any atom is -0.387 e. The Kier molecular flexibility index (Phi) is 2.17. The molecule has 0 radical (unpaired) electrons. The third-order valence-electron chi connectivity index (χ3n) is 2.35. The average Bonchev–Trinajstić information content (AvgIpc) is 2.59. The molecule has 2 rings (SSSR count). The molecule has 0 fully saturated rings. The second-order valence-electron chi connectivity index (χ2n) is 3.29. The molecule has 0 unspecified atom stereocenters. The van der Waals surface area contributed by atoms with E-state index in [9.17, 15) is 13.2 Å². The number of aromatic nitrogens is 1. The van der Waals surface area contributed by atoms with Gasteiger partial charge in [-0.25, -0.2) is 0 Å². The normalized spacial score (nSPS) is 14.8. The van der Waals surface area contributed by atoms with Crippen LogP contribution < -0.4 is 5.32 Å². The standard InChI is InChI=1S/C10H9F3N2/c1-14-6-4-7-8(10(11,12)13)2-3-9(7)15-5-6/h2,4-5,14H,3H2,1H3. The van der Waals surface area contributed by atoms with Crippen molar-refractivity contribution in [2.45, 2.75) is 12.6 Å². The summed E-state index contributed by atoms with van der Waals surface area (Å²) in [7, 11) is 1.65. The fourth-order valence-corrected chi connectivity index (χ4v) is 1.60. The van der Waals surface area contributed by atoms with Gasteiger partial charge in [0.2, 0.25) is 0 Å². The van der Waals surface area contributed by atoms with Crippen molar-refractivity contribution < 1.29 is 13.2 Å². The summed E-state index contributed by atoms with van der Waals surface area (Å²) in [4.78, 5) is 3.98. The maximum absolute atomic E-state index is 12.6. The molecule has 0 saturated heterocycles. The summed E-state index contributed by atoms with van der Waals surface area (Å²) in [5.41, 5.74) is 0.684. The number of anilines is 1. The van der Waals surface area contributed by atoms with Crippen LogP contribution in [0.1, 0.15) is 11.3 Å². The van der Waals surface area contributed by atoms with Crippen molar-refractivity contribution in [2.75, 3.05) is 12.4 Å². The molecule has 2 nitrogen and oxygen atoms in total. The molecule has 0 saturated carbocycles. The largest absolute Gasteiger partial charge is 0.416 e. The Morgan fingerprint density at radius 3 is 2.73 bits per heavy atom. The van der Waals surface area contributed by atoms with Crippen molar-refractivity contribution in [1.29, 1.82) is 0 Å². The molecule has 0 aromatic carbocycles. The molecule has 1 aromatic heterocycles. The number of allylic oxidation sites excluding steroid dienone is 2. The summed E-state index contributed by atoms with van der Waals surface area (Å²) in [5.74, 6) is 0. The number of rotatable bonds is 1. The molecular weight excluding hydrogens is 205 g/mol. The molecule has 0 spiro atoms. The fourth-order valence-electron chi connectivity index (χ4n) is 1.60. The van der Waals surface area contributed by atoms with Crippen LogP contribution in [-0.2, 0) is 6.42 Å². The SMILES string of the molecule is CNc1cnc2c(c1)C(C(F)(F)F)=CC2. The van der Waals surface area contributed by atoms with Crippen LogP contribution >= 0.6 is 0 Å².